The van der Waals surface area contributed by atoms with Gasteiger partial charge in [-0.1, -0.05) is 6.08 Å². The number of allylic oxidation sites excluding steroid dienone is 1. The van der Waals surface area contributed by atoms with Crippen molar-refractivity contribution < 1.29 is 42.8 Å². The number of rotatable bonds is 10. The first kappa shape index (κ1) is 17.8. The molecule has 9 heteroatoms. The lowest BCUT2D eigenvalue weighted by molar-refractivity contribution is -0.180. The van der Waals surface area contributed by atoms with Gasteiger partial charge in [-0.15, -0.1) is 0 Å². The van der Waals surface area contributed by atoms with Gasteiger partial charge >= 0.3 is 17.9 Å². The highest BCUT2D eigenvalue weighted by Gasteiger charge is 2.56. The molecule has 3 aliphatic heterocycles. The molecule has 138 valence electrons. The van der Waals surface area contributed by atoms with Crippen molar-refractivity contribution in [2.45, 2.75) is 25.2 Å². The van der Waals surface area contributed by atoms with Crippen molar-refractivity contribution in [1.82, 2.24) is 0 Å². The normalized spacial score (nSPS) is 28.8. The van der Waals surface area contributed by atoms with Crippen molar-refractivity contribution in [3.05, 3.63) is 12.2 Å². The summed E-state index contributed by atoms with van der Waals surface area (Å²) in [6, 6.07) is 0. The maximum absolute atomic E-state index is 12.6. The van der Waals surface area contributed by atoms with Crippen molar-refractivity contribution in [3.63, 3.8) is 0 Å². The number of hydrogen-bond donors (Lipinski definition) is 0. The minimum atomic E-state index is -2.31. The summed E-state index contributed by atoms with van der Waals surface area (Å²) in [4.78, 5) is 37.8. The van der Waals surface area contributed by atoms with Crippen molar-refractivity contribution >= 4 is 17.9 Å². The summed E-state index contributed by atoms with van der Waals surface area (Å²) in [6.07, 6.45) is 1.91. The van der Waals surface area contributed by atoms with E-state index < -0.39 is 23.3 Å². The van der Waals surface area contributed by atoms with Gasteiger partial charge < -0.3 is 28.4 Å². The number of carbonyl (C=O) groups excluding carboxylic acids is 3. The van der Waals surface area contributed by atoms with Gasteiger partial charge in [-0.2, -0.15) is 0 Å². The minimum Gasteiger partial charge on any atom is -0.461 e. The van der Waals surface area contributed by atoms with Crippen LogP contribution >= 0.6 is 0 Å². The van der Waals surface area contributed by atoms with Gasteiger partial charge in [-0.25, -0.2) is 14.4 Å². The van der Waals surface area contributed by atoms with Gasteiger partial charge in [0.05, 0.1) is 19.8 Å². The monoisotopic (exact) mass is 356 g/mol. The van der Waals surface area contributed by atoms with E-state index in [1.807, 2.05) is 0 Å². The minimum absolute atomic E-state index is 0.0455. The summed E-state index contributed by atoms with van der Waals surface area (Å²) in [7, 11) is 0. The van der Waals surface area contributed by atoms with E-state index in [1.165, 1.54) is 6.08 Å². The zero-order valence-corrected chi connectivity index (χ0v) is 13.8. The van der Waals surface area contributed by atoms with Gasteiger partial charge in [0.25, 0.3) is 5.41 Å². The van der Waals surface area contributed by atoms with E-state index in [9.17, 15) is 14.4 Å². The molecule has 0 saturated carbocycles. The van der Waals surface area contributed by atoms with Crippen LogP contribution in [-0.4, -0.2) is 75.9 Å². The molecule has 0 aromatic carbocycles. The Bertz CT molecular complexity index is 489. The first-order valence-electron chi connectivity index (χ1n) is 8.06. The fourth-order valence-corrected chi connectivity index (χ4v) is 2.04. The van der Waals surface area contributed by atoms with Gasteiger partial charge in [0.1, 0.15) is 38.1 Å². The van der Waals surface area contributed by atoms with Crippen LogP contribution in [0, 0.1) is 5.41 Å². The fourth-order valence-electron chi connectivity index (χ4n) is 2.04. The molecule has 0 radical (unpaired) electrons. The molecule has 3 aliphatic rings. The van der Waals surface area contributed by atoms with Crippen molar-refractivity contribution in [2.75, 3.05) is 39.6 Å². The van der Waals surface area contributed by atoms with Crippen molar-refractivity contribution in [2.24, 2.45) is 5.41 Å². The average Bonchev–Trinajstić information content (AvgIpc) is 3.48. The summed E-state index contributed by atoms with van der Waals surface area (Å²) < 4.78 is 30.2. The van der Waals surface area contributed by atoms with Crippen LogP contribution in [0.2, 0.25) is 0 Å². The Labute approximate surface area is 144 Å². The maximum Gasteiger partial charge on any atom is 0.339 e. The number of hydrogen-bond acceptors (Lipinski definition) is 9. The number of carbonyl (C=O) groups is 3. The highest BCUT2D eigenvalue weighted by molar-refractivity contribution is 6.20. The molecule has 0 aromatic heterocycles. The second-order valence-corrected chi connectivity index (χ2v) is 5.97. The highest BCUT2D eigenvalue weighted by atomic mass is 16.6. The lowest BCUT2D eigenvalue weighted by atomic mass is 9.87. The standard InChI is InChI=1S/C16H20O9/c1-2-3-16(13(17)23-7-10-4-20-10,14(18)24-8-11-5-21-11)15(19)25-9-12-6-22-12/h2-3,10-12H,4-9H2,1H3/b3-2+. The second kappa shape index (κ2) is 7.51. The van der Waals surface area contributed by atoms with Crippen LogP contribution in [0.15, 0.2) is 12.2 Å². The summed E-state index contributed by atoms with van der Waals surface area (Å²) in [5, 5.41) is 0. The lowest BCUT2D eigenvalue weighted by Gasteiger charge is -2.24. The number of epoxide rings is 3. The molecule has 0 amide bonds. The Morgan fingerprint density at radius 2 is 1.16 bits per heavy atom. The van der Waals surface area contributed by atoms with Gasteiger partial charge in [0, 0.05) is 0 Å². The molecule has 0 bridgehead atoms. The van der Waals surface area contributed by atoms with E-state index in [2.05, 4.69) is 0 Å². The number of esters is 3. The summed E-state index contributed by atoms with van der Waals surface area (Å²) in [5.74, 6) is -3.15. The van der Waals surface area contributed by atoms with E-state index in [0.29, 0.717) is 19.8 Å². The molecule has 0 aromatic rings. The molecule has 3 saturated heterocycles. The van der Waals surface area contributed by atoms with E-state index in [0.717, 1.165) is 6.08 Å². The number of ether oxygens (including phenoxy) is 6. The van der Waals surface area contributed by atoms with E-state index in [1.54, 1.807) is 6.92 Å². The van der Waals surface area contributed by atoms with Gasteiger partial charge in [-0.3, -0.25) is 0 Å². The molecule has 25 heavy (non-hydrogen) atoms. The zero-order chi connectivity index (χ0) is 17.9. The first-order valence-corrected chi connectivity index (χ1v) is 8.06. The Morgan fingerprint density at radius 1 is 0.840 bits per heavy atom. The third-order valence-electron chi connectivity index (χ3n) is 3.79. The van der Waals surface area contributed by atoms with E-state index in [4.69, 9.17) is 28.4 Å². The third kappa shape index (κ3) is 4.56. The maximum atomic E-state index is 12.6. The Balaban J connectivity index is 1.74. The van der Waals surface area contributed by atoms with Crippen molar-refractivity contribution in [3.8, 4) is 0 Å². The molecular formula is C16H20O9. The topological polar surface area (TPSA) is 116 Å². The Hall–Kier alpha value is -1.97. The molecule has 3 atom stereocenters. The Kier molecular flexibility index (Phi) is 5.36. The van der Waals surface area contributed by atoms with Crippen LogP contribution in [0.5, 0.6) is 0 Å². The smallest absolute Gasteiger partial charge is 0.339 e. The molecule has 0 N–H and O–H groups in total. The fraction of sp³-hybridized carbons (Fsp3) is 0.688. The van der Waals surface area contributed by atoms with Crippen LogP contribution in [0.1, 0.15) is 6.92 Å². The quantitative estimate of drug-likeness (QED) is 0.166. The highest BCUT2D eigenvalue weighted by Crippen LogP contribution is 2.28. The van der Waals surface area contributed by atoms with Crippen LogP contribution in [0.4, 0.5) is 0 Å². The van der Waals surface area contributed by atoms with Crippen molar-refractivity contribution in [1.29, 1.82) is 0 Å². The molecule has 0 spiro atoms. The van der Waals surface area contributed by atoms with Crippen LogP contribution in [0.25, 0.3) is 0 Å². The third-order valence-corrected chi connectivity index (χ3v) is 3.79. The van der Waals surface area contributed by atoms with Crippen LogP contribution < -0.4 is 0 Å². The summed E-state index contributed by atoms with van der Waals surface area (Å²) >= 11 is 0. The lowest BCUT2D eigenvalue weighted by Crippen LogP contribution is -2.49. The first-order chi connectivity index (χ1) is 12.1. The van der Waals surface area contributed by atoms with Crippen LogP contribution in [-0.2, 0) is 42.8 Å². The van der Waals surface area contributed by atoms with Crippen LogP contribution in [0.3, 0.4) is 0 Å². The predicted molar refractivity (Wildman–Crippen MR) is 79.3 cm³/mol. The molecular weight excluding hydrogens is 336 g/mol. The second-order valence-electron chi connectivity index (χ2n) is 5.97. The zero-order valence-electron chi connectivity index (χ0n) is 13.8. The predicted octanol–water partition coefficient (Wildman–Crippen LogP) is -0.625. The molecule has 9 nitrogen and oxygen atoms in total. The SMILES string of the molecule is C/C=C/C(C(=O)OCC1CO1)(C(=O)OCC1CO1)C(=O)OCC1CO1. The molecule has 0 aliphatic carbocycles. The molecule has 3 unspecified atom stereocenters. The van der Waals surface area contributed by atoms with Gasteiger partial charge in [-0.05, 0) is 13.0 Å². The van der Waals surface area contributed by atoms with E-state index in [-0.39, 0.29) is 38.1 Å². The van der Waals surface area contributed by atoms with E-state index >= 15 is 0 Å². The Morgan fingerprint density at radius 3 is 1.40 bits per heavy atom. The van der Waals surface area contributed by atoms with Gasteiger partial charge in [0.2, 0.25) is 0 Å². The molecule has 3 rings (SSSR count). The largest absolute Gasteiger partial charge is 0.461 e. The molecule has 3 heterocycles. The van der Waals surface area contributed by atoms with Gasteiger partial charge in [0.15, 0.2) is 0 Å². The average molecular weight is 356 g/mol. The summed E-state index contributed by atoms with van der Waals surface area (Å²) in [6.45, 7) is 2.84. The summed E-state index contributed by atoms with van der Waals surface area (Å²) in [5.41, 5.74) is -2.31. The molecule has 3 fully saturated rings.